The van der Waals surface area contributed by atoms with Gasteiger partial charge in [0.15, 0.2) is 5.13 Å². The number of hydrogen-bond acceptors (Lipinski definition) is 7. The number of aliphatic carboxylic acids is 1. The molecule has 2 aromatic heterocycles. The second-order valence-electron chi connectivity index (χ2n) is 8.16. The van der Waals surface area contributed by atoms with Crippen LogP contribution >= 0.6 is 22.7 Å². The number of carbonyl (C=O) groups excluding carboxylic acids is 1. The Morgan fingerprint density at radius 1 is 1.16 bits per heavy atom. The van der Waals surface area contributed by atoms with Crippen molar-refractivity contribution in [2.24, 2.45) is 5.92 Å². The fourth-order valence-corrected chi connectivity index (χ4v) is 5.43. The Hall–Kier alpha value is -1.38. The number of thiazole rings is 1. The van der Waals surface area contributed by atoms with E-state index in [0.717, 1.165) is 40.9 Å². The molecule has 2 heterocycles. The van der Waals surface area contributed by atoms with E-state index in [-0.39, 0.29) is 36.0 Å². The average Bonchev–Trinajstić information content (AvgIpc) is 3.45. The Kier molecular flexibility index (Phi) is 9.61. The van der Waals surface area contributed by atoms with Crippen LogP contribution in [0.5, 0.6) is 5.75 Å². The number of carboxylic acids is 1. The van der Waals surface area contributed by atoms with Crippen LogP contribution in [-0.4, -0.2) is 23.6 Å². The van der Waals surface area contributed by atoms with Gasteiger partial charge in [-0.05, 0) is 67.3 Å². The second-order valence-corrected chi connectivity index (χ2v) is 10.0. The first-order chi connectivity index (χ1) is 15.1. The summed E-state index contributed by atoms with van der Waals surface area (Å²) < 4.78 is 6.16. The van der Waals surface area contributed by atoms with Gasteiger partial charge in [0.1, 0.15) is 5.75 Å². The molecule has 0 amide bonds. The van der Waals surface area contributed by atoms with E-state index in [1.165, 1.54) is 29.1 Å². The zero-order valence-corrected chi connectivity index (χ0v) is 22.3. The predicted octanol–water partition coefficient (Wildman–Crippen LogP) is 1.98. The molecular weight excluding hydrogens is 451 g/mol. The molecule has 5 nitrogen and oxygen atoms in total. The molecule has 32 heavy (non-hydrogen) atoms. The molecule has 164 valence electrons. The fraction of sp³-hybridized carbons (Fsp3) is 0.417. The van der Waals surface area contributed by atoms with Crippen LogP contribution in [-0.2, 0) is 11.3 Å². The minimum atomic E-state index is -1.05. The minimum absolute atomic E-state index is 0. The first-order valence-electron chi connectivity index (χ1n) is 10.8. The summed E-state index contributed by atoms with van der Waals surface area (Å²) in [5.41, 5.74) is 1.92. The summed E-state index contributed by atoms with van der Waals surface area (Å²) in [5, 5.41) is 15.9. The topological polar surface area (TPSA) is 65.5 Å². The molecule has 0 saturated heterocycles. The van der Waals surface area contributed by atoms with Crippen molar-refractivity contribution in [1.82, 2.24) is 4.98 Å². The van der Waals surface area contributed by atoms with Gasteiger partial charge in [-0.25, -0.2) is 4.98 Å². The molecule has 0 N–H and O–H groups in total. The van der Waals surface area contributed by atoms with Crippen molar-refractivity contribution in [2.75, 3.05) is 11.4 Å². The number of carbonyl (C=O) groups is 1. The fourth-order valence-electron chi connectivity index (χ4n) is 3.85. The molecule has 1 aliphatic rings. The molecular formula is C24H27N2NaO3S2. The van der Waals surface area contributed by atoms with E-state index >= 15 is 0 Å². The molecule has 1 fully saturated rings. The van der Waals surface area contributed by atoms with Gasteiger partial charge >= 0.3 is 29.6 Å². The van der Waals surface area contributed by atoms with E-state index in [1.54, 1.807) is 11.3 Å². The third-order valence-corrected chi connectivity index (χ3v) is 7.45. The molecule has 0 atom stereocenters. The first-order valence-corrected chi connectivity index (χ1v) is 12.5. The number of aromatic nitrogens is 1. The smallest absolute Gasteiger partial charge is 0.550 e. The van der Waals surface area contributed by atoms with Crippen LogP contribution in [0.2, 0.25) is 0 Å². The Labute approximate surface area is 219 Å². The van der Waals surface area contributed by atoms with Gasteiger partial charge in [-0.15, -0.1) is 22.7 Å². The zero-order chi connectivity index (χ0) is 21.6. The van der Waals surface area contributed by atoms with Crippen LogP contribution in [0, 0.1) is 5.92 Å². The van der Waals surface area contributed by atoms with E-state index in [0.29, 0.717) is 19.2 Å². The average molecular weight is 479 g/mol. The number of anilines is 1. The molecule has 0 aliphatic heterocycles. The molecule has 0 spiro atoms. The number of rotatable bonds is 9. The van der Waals surface area contributed by atoms with Crippen molar-refractivity contribution in [3.05, 3.63) is 52.0 Å². The number of carboxylic acid groups (broad SMARTS) is 1. The van der Waals surface area contributed by atoms with E-state index in [4.69, 9.17) is 9.72 Å². The van der Waals surface area contributed by atoms with Crippen LogP contribution in [0.1, 0.15) is 43.9 Å². The zero-order valence-electron chi connectivity index (χ0n) is 18.7. The summed E-state index contributed by atoms with van der Waals surface area (Å²) in [6, 6.07) is 12.2. The van der Waals surface area contributed by atoms with Gasteiger partial charge in [0, 0.05) is 34.8 Å². The van der Waals surface area contributed by atoms with Gasteiger partial charge in [-0.1, -0.05) is 13.0 Å². The molecule has 8 heteroatoms. The van der Waals surface area contributed by atoms with Crippen molar-refractivity contribution in [1.29, 1.82) is 0 Å². The summed E-state index contributed by atoms with van der Waals surface area (Å²) >= 11 is 3.19. The first kappa shape index (κ1) is 25.2. The number of hydrogen-bond donors (Lipinski definition) is 0. The van der Waals surface area contributed by atoms with Crippen molar-refractivity contribution in [3.8, 4) is 17.0 Å². The summed E-state index contributed by atoms with van der Waals surface area (Å²) in [7, 11) is 0. The molecule has 0 bridgehead atoms. The van der Waals surface area contributed by atoms with Gasteiger partial charge in [0.05, 0.1) is 18.3 Å². The maximum absolute atomic E-state index is 11.0. The third-order valence-electron chi connectivity index (χ3n) is 5.69. The number of ether oxygens (including phenoxy) is 1. The Balaban J connectivity index is 0.00000289. The second kappa shape index (κ2) is 12.2. The van der Waals surface area contributed by atoms with Crippen LogP contribution in [0.4, 0.5) is 5.13 Å². The van der Waals surface area contributed by atoms with Gasteiger partial charge in [0.2, 0.25) is 0 Å². The summed E-state index contributed by atoms with van der Waals surface area (Å²) in [6.45, 7) is 3.33. The number of benzene rings is 1. The van der Waals surface area contributed by atoms with Crippen molar-refractivity contribution >= 4 is 33.8 Å². The maximum Gasteiger partial charge on any atom is 1.00 e. The summed E-state index contributed by atoms with van der Waals surface area (Å²) in [6.07, 6.45) is 5.04. The predicted molar refractivity (Wildman–Crippen MR) is 125 cm³/mol. The Morgan fingerprint density at radius 2 is 1.91 bits per heavy atom. The van der Waals surface area contributed by atoms with Gasteiger partial charge in [-0.3, -0.25) is 0 Å². The molecule has 1 aromatic carbocycles. The Bertz CT molecular complexity index is 968. The van der Waals surface area contributed by atoms with Gasteiger partial charge in [-0.2, -0.15) is 0 Å². The molecule has 0 unspecified atom stereocenters. The maximum atomic E-state index is 11.0. The molecule has 1 saturated carbocycles. The van der Waals surface area contributed by atoms with E-state index in [1.807, 2.05) is 46.0 Å². The van der Waals surface area contributed by atoms with Crippen LogP contribution in [0.15, 0.2) is 47.2 Å². The van der Waals surface area contributed by atoms with E-state index in [9.17, 15) is 9.90 Å². The monoisotopic (exact) mass is 478 g/mol. The van der Waals surface area contributed by atoms with Gasteiger partial charge < -0.3 is 19.5 Å². The van der Waals surface area contributed by atoms with Gasteiger partial charge in [0.25, 0.3) is 0 Å². The van der Waals surface area contributed by atoms with E-state index in [2.05, 4.69) is 13.0 Å². The minimum Gasteiger partial charge on any atom is -0.550 e. The molecule has 4 rings (SSSR count). The SMILES string of the molecule is C[C@H]1CC[C@H](Oc2ccc(-c3csc(N(CCC(=O)[O-])Cc4cccs4)n3)cc2)CC1.[Na+]. The van der Waals surface area contributed by atoms with E-state index < -0.39 is 5.97 Å². The number of nitrogens with zero attached hydrogens (tertiary/aromatic N) is 2. The molecule has 1 aliphatic carbocycles. The van der Waals surface area contributed by atoms with Crippen molar-refractivity contribution in [3.63, 3.8) is 0 Å². The summed E-state index contributed by atoms with van der Waals surface area (Å²) in [4.78, 5) is 19.0. The number of thiophene rings is 1. The summed E-state index contributed by atoms with van der Waals surface area (Å²) in [5.74, 6) is 0.676. The molecule has 3 aromatic rings. The van der Waals surface area contributed by atoms with Crippen LogP contribution < -0.4 is 44.3 Å². The quantitative estimate of drug-likeness (QED) is 0.440. The van der Waals surface area contributed by atoms with Crippen molar-refractivity contribution in [2.45, 2.75) is 51.7 Å². The normalized spacial score (nSPS) is 18.0. The van der Waals surface area contributed by atoms with Crippen molar-refractivity contribution < 1.29 is 44.2 Å². The largest absolute Gasteiger partial charge is 1.00 e. The third kappa shape index (κ3) is 7.06. The van der Waals surface area contributed by atoms with Crippen LogP contribution in [0.25, 0.3) is 11.3 Å². The standard InChI is InChI=1S/C24H28N2O3S2.Na/c1-17-4-8-19(9-5-17)29-20-10-6-18(7-11-20)22-16-31-24(25-22)26(13-12-23(27)28)15-21-3-2-14-30-21;/h2-3,6-7,10-11,14,16-17,19H,4-5,8-9,12-13,15H2,1H3,(H,27,28);/q;+1/p-1/t17-,19-;. The Morgan fingerprint density at radius 3 is 2.56 bits per heavy atom. The van der Waals surface area contributed by atoms with Crippen LogP contribution in [0.3, 0.4) is 0 Å². The molecule has 0 radical (unpaired) electrons.